The van der Waals surface area contributed by atoms with Crippen molar-refractivity contribution in [1.29, 1.82) is 0 Å². The van der Waals surface area contributed by atoms with Gasteiger partial charge in [-0.15, -0.1) is 0 Å². The number of hydrogen-bond donors (Lipinski definition) is 0. The van der Waals surface area contributed by atoms with Crippen LogP contribution in [0.4, 0.5) is 13.2 Å². The zero-order valence-electron chi connectivity index (χ0n) is 19.9. The normalized spacial score (nSPS) is 11.4. The Hall–Kier alpha value is -4.71. The molecule has 9 heteroatoms. The molecule has 5 rings (SSSR count). The minimum atomic E-state index is -4.49. The molecule has 0 unspecified atom stereocenters. The molecule has 0 aliphatic rings. The monoisotopic (exact) mass is 499 g/mol. The zero-order valence-corrected chi connectivity index (χ0v) is 19.9. The van der Waals surface area contributed by atoms with E-state index in [0.29, 0.717) is 11.1 Å². The van der Waals surface area contributed by atoms with Crippen LogP contribution in [0.15, 0.2) is 73.4 Å². The van der Waals surface area contributed by atoms with Gasteiger partial charge in [0.2, 0.25) is 0 Å². The molecule has 0 saturated carbocycles. The first-order chi connectivity index (χ1) is 17.7. The van der Waals surface area contributed by atoms with Gasteiger partial charge in [-0.05, 0) is 48.9 Å². The highest BCUT2D eigenvalue weighted by Gasteiger charge is 2.30. The Bertz CT molecular complexity index is 1700. The highest BCUT2D eigenvalue weighted by Crippen LogP contribution is 2.29. The largest absolute Gasteiger partial charge is 0.416 e. The van der Waals surface area contributed by atoms with Gasteiger partial charge in [0.25, 0.3) is 0 Å². The summed E-state index contributed by atoms with van der Waals surface area (Å²) < 4.78 is 42.6. The number of hydrogen-bond acceptors (Lipinski definition) is 4. The summed E-state index contributed by atoms with van der Waals surface area (Å²) in [6.07, 6.45) is 1.72. The summed E-state index contributed by atoms with van der Waals surface area (Å²) in [5.74, 6) is 5.90. The smallest absolute Gasteiger partial charge is 0.296 e. The molecule has 0 N–H and O–H groups in total. The van der Waals surface area contributed by atoms with Gasteiger partial charge >= 0.3 is 6.18 Å². The van der Waals surface area contributed by atoms with Gasteiger partial charge in [0, 0.05) is 41.8 Å². The number of nitrogens with zero attached hydrogens (tertiary/aromatic N) is 5. The van der Waals surface area contributed by atoms with Crippen LogP contribution in [0.2, 0.25) is 0 Å². The summed E-state index contributed by atoms with van der Waals surface area (Å²) >= 11 is 0. The van der Waals surface area contributed by atoms with Crippen molar-refractivity contribution in [2.75, 3.05) is 0 Å². The van der Waals surface area contributed by atoms with Crippen LogP contribution in [-0.4, -0.2) is 30.1 Å². The maximum absolute atomic E-state index is 13.0. The average molecular weight is 499 g/mol. The first-order valence-electron chi connectivity index (χ1n) is 11.3. The first kappa shape index (κ1) is 24.0. The number of pyridine rings is 1. The number of rotatable bonds is 4. The van der Waals surface area contributed by atoms with Gasteiger partial charge in [-0.1, -0.05) is 24.0 Å². The van der Waals surface area contributed by atoms with Crippen molar-refractivity contribution in [2.45, 2.75) is 19.5 Å². The number of imidazole rings is 1. The zero-order chi connectivity index (χ0) is 26.2. The third-order valence-corrected chi connectivity index (χ3v) is 5.90. The average Bonchev–Trinajstić information content (AvgIpc) is 3.48. The standard InChI is InChI=1S/C28H20F3N5O/c1-18-3-6-21(27(37)14-23-13-22(9-10-32-23)28(29,30)31)12-20(18)7-4-19-5-8-26-25(11-19)33-17-36(26)24-15-34-35(2)16-24/h3,5-6,8-13,15-17H,14H2,1-2H3. The molecule has 0 atom stereocenters. The fourth-order valence-electron chi connectivity index (χ4n) is 3.92. The Balaban J connectivity index is 1.38. The predicted molar refractivity (Wildman–Crippen MR) is 132 cm³/mol. The number of aromatic nitrogens is 5. The van der Waals surface area contributed by atoms with E-state index in [4.69, 9.17) is 0 Å². The van der Waals surface area contributed by atoms with E-state index in [0.717, 1.165) is 46.2 Å². The second-order valence-electron chi connectivity index (χ2n) is 8.60. The van der Waals surface area contributed by atoms with Crippen molar-refractivity contribution in [3.63, 3.8) is 0 Å². The number of carbonyl (C=O) groups is 1. The van der Waals surface area contributed by atoms with Crippen LogP contribution in [0.5, 0.6) is 0 Å². The lowest BCUT2D eigenvalue weighted by atomic mass is 9.99. The Morgan fingerprint density at radius 2 is 1.86 bits per heavy atom. The number of fused-ring (bicyclic) bond motifs is 1. The summed E-state index contributed by atoms with van der Waals surface area (Å²) in [5.41, 5.74) is 4.49. The quantitative estimate of drug-likeness (QED) is 0.249. The van der Waals surface area contributed by atoms with E-state index in [9.17, 15) is 18.0 Å². The lowest BCUT2D eigenvalue weighted by Gasteiger charge is -2.08. The SMILES string of the molecule is Cc1ccc(C(=O)Cc2cc(C(F)(F)F)ccn2)cc1C#Cc1ccc2c(c1)ncn2-c1cnn(C)c1. The third-order valence-electron chi connectivity index (χ3n) is 5.90. The van der Waals surface area contributed by atoms with Crippen LogP contribution in [0.3, 0.4) is 0 Å². The molecule has 5 aromatic rings. The molecule has 0 aliphatic heterocycles. The minimum absolute atomic E-state index is 0.0621. The highest BCUT2D eigenvalue weighted by molar-refractivity contribution is 5.97. The Morgan fingerprint density at radius 1 is 1.03 bits per heavy atom. The van der Waals surface area contributed by atoms with Crippen molar-refractivity contribution in [3.05, 3.63) is 107 Å². The van der Waals surface area contributed by atoms with Crippen molar-refractivity contribution >= 4 is 16.8 Å². The molecule has 3 heterocycles. The summed E-state index contributed by atoms with van der Waals surface area (Å²) in [5, 5.41) is 4.20. The van der Waals surface area contributed by atoms with E-state index in [1.54, 1.807) is 35.4 Å². The van der Waals surface area contributed by atoms with Crippen LogP contribution in [0.1, 0.15) is 38.3 Å². The number of carbonyl (C=O) groups excluding carboxylic acids is 1. The fourth-order valence-corrected chi connectivity index (χ4v) is 3.92. The molecule has 3 aromatic heterocycles. The highest BCUT2D eigenvalue weighted by atomic mass is 19.4. The van der Waals surface area contributed by atoms with Gasteiger partial charge in [-0.2, -0.15) is 18.3 Å². The molecule has 6 nitrogen and oxygen atoms in total. The Labute approximate surface area is 210 Å². The molecule has 0 radical (unpaired) electrons. The second-order valence-corrected chi connectivity index (χ2v) is 8.60. The summed E-state index contributed by atoms with van der Waals surface area (Å²) in [7, 11) is 1.85. The molecule has 0 bridgehead atoms. The summed E-state index contributed by atoms with van der Waals surface area (Å²) in [6, 6.07) is 12.6. The van der Waals surface area contributed by atoms with Gasteiger partial charge in [-0.25, -0.2) is 4.98 Å². The van der Waals surface area contributed by atoms with E-state index in [-0.39, 0.29) is 17.9 Å². The van der Waals surface area contributed by atoms with Crippen molar-refractivity contribution in [2.24, 2.45) is 7.05 Å². The van der Waals surface area contributed by atoms with E-state index >= 15 is 0 Å². The summed E-state index contributed by atoms with van der Waals surface area (Å²) in [4.78, 5) is 21.2. The number of ketones is 1. The van der Waals surface area contributed by atoms with Gasteiger partial charge in [0.15, 0.2) is 5.78 Å². The molecular formula is C28H20F3N5O. The van der Waals surface area contributed by atoms with Gasteiger partial charge < -0.3 is 0 Å². The van der Waals surface area contributed by atoms with Crippen LogP contribution in [0, 0.1) is 18.8 Å². The third kappa shape index (κ3) is 5.14. The number of benzene rings is 2. The number of alkyl halides is 3. The van der Waals surface area contributed by atoms with Crippen LogP contribution in [-0.2, 0) is 19.6 Å². The lowest BCUT2D eigenvalue weighted by Crippen LogP contribution is -2.09. The van der Waals surface area contributed by atoms with Crippen LogP contribution >= 0.6 is 0 Å². The van der Waals surface area contributed by atoms with Crippen molar-refractivity contribution < 1.29 is 18.0 Å². The minimum Gasteiger partial charge on any atom is -0.296 e. The van der Waals surface area contributed by atoms with Crippen molar-refractivity contribution in [1.82, 2.24) is 24.3 Å². The lowest BCUT2D eigenvalue weighted by molar-refractivity contribution is -0.137. The maximum Gasteiger partial charge on any atom is 0.416 e. The molecule has 2 aromatic carbocycles. The molecule has 0 spiro atoms. The molecular weight excluding hydrogens is 479 g/mol. The van der Waals surface area contributed by atoms with Crippen LogP contribution in [0.25, 0.3) is 16.7 Å². The number of halogens is 3. The van der Waals surface area contributed by atoms with Gasteiger partial charge in [0.1, 0.15) is 6.33 Å². The summed E-state index contributed by atoms with van der Waals surface area (Å²) in [6.45, 7) is 1.88. The van der Waals surface area contributed by atoms with Gasteiger partial charge in [0.05, 0.1) is 34.9 Å². The fraction of sp³-hybridized carbons (Fsp3) is 0.143. The predicted octanol–water partition coefficient (Wildman–Crippen LogP) is 5.31. The molecule has 0 amide bonds. The van der Waals surface area contributed by atoms with E-state index in [1.165, 1.54) is 0 Å². The van der Waals surface area contributed by atoms with Gasteiger partial charge in [-0.3, -0.25) is 19.0 Å². The molecule has 37 heavy (non-hydrogen) atoms. The molecule has 0 aliphatic carbocycles. The molecule has 0 fully saturated rings. The second kappa shape index (κ2) is 9.39. The number of aryl methyl sites for hydroxylation is 2. The molecule has 0 saturated heterocycles. The topological polar surface area (TPSA) is 65.6 Å². The first-order valence-corrected chi connectivity index (χ1v) is 11.3. The Kier molecular flexibility index (Phi) is 6.09. The van der Waals surface area contributed by atoms with E-state index in [2.05, 4.69) is 26.9 Å². The van der Waals surface area contributed by atoms with E-state index < -0.39 is 11.7 Å². The number of Topliss-reactive ketones (excluding diaryl/α,β-unsaturated/α-hetero) is 1. The van der Waals surface area contributed by atoms with E-state index in [1.807, 2.05) is 42.9 Å². The Morgan fingerprint density at radius 3 is 2.62 bits per heavy atom. The maximum atomic E-state index is 13.0. The van der Waals surface area contributed by atoms with Crippen LogP contribution < -0.4 is 0 Å². The van der Waals surface area contributed by atoms with Crippen molar-refractivity contribution in [3.8, 4) is 17.5 Å². The molecule has 184 valence electrons.